The summed E-state index contributed by atoms with van der Waals surface area (Å²) in [6.07, 6.45) is -2.25. The van der Waals surface area contributed by atoms with Gasteiger partial charge in [-0.05, 0) is 67.0 Å². The summed E-state index contributed by atoms with van der Waals surface area (Å²) >= 11 is 6.49. The van der Waals surface area contributed by atoms with Gasteiger partial charge in [0.15, 0.2) is 48.1 Å². The van der Waals surface area contributed by atoms with E-state index in [1.807, 2.05) is 55.4 Å². The maximum Gasteiger partial charge on any atom is 0.235 e. The van der Waals surface area contributed by atoms with Crippen molar-refractivity contribution in [2.75, 3.05) is 36.2 Å². The molecule has 4 aliphatic heterocycles. The molecule has 4 unspecified atom stereocenters. The van der Waals surface area contributed by atoms with Crippen molar-refractivity contribution >= 4 is 23.5 Å². The van der Waals surface area contributed by atoms with Crippen molar-refractivity contribution in [1.82, 2.24) is 15.0 Å². The van der Waals surface area contributed by atoms with Gasteiger partial charge in [0.25, 0.3) is 0 Å². The van der Waals surface area contributed by atoms with E-state index in [1.54, 1.807) is 9.80 Å². The van der Waals surface area contributed by atoms with Gasteiger partial charge in [-0.2, -0.15) is 15.0 Å². The Hall–Kier alpha value is -1.42. The smallest absolute Gasteiger partial charge is 0.235 e. The van der Waals surface area contributed by atoms with Crippen LogP contribution >= 0.6 is 11.6 Å². The van der Waals surface area contributed by atoms with Crippen LogP contribution in [0, 0.1) is 0 Å². The maximum absolute atomic E-state index is 6.49. The summed E-state index contributed by atoms with van der Waals surface area (Å²) in [7, 11) is 0. The number of hydrogen-bond acceptors (Lipinski definition) is 13. The van der Waals surface area contributed by atoms with Gasteiger partial charge in [-0.15, -0.1) is 0 Å². The van der Waals surface area contributed by atoms with Crippen molar-refractivity contribution in [2.24, 2.45) is 0 Å². The standard InChI is InChI=1S/C23H36ClN5O8/c1-20(2)30-9-13(34-20)28(14-10-31-21(3,4)35-14)18-25-17(24)26-19(27-18)29(15-11-32-22(5,6)36-15)16-12-33-23(7,8)37-16/h13-16H,9-12H2,1-8H3. The van der Waals surface area contributed by atoms with Gasteiger partial charge in [0.05, 0.1) is 26.4 Å². The van der Waals surface area contributed by atoms with Crippen molar-refractivity contribution in [1.29, 1.82) is 0 Å². The lowest BCUT2D eigenvalue weighted by Crippen LogP contribution is -2.50. The highest BCUT2D eigenvalue weighted by Crippen LogP contribution is 2.36. The fraction of sp³-hybridized carbons (Fsp3) is 0.870. The molecule has 0 aliphatic carbocycles. The lowest BCUT2D eigenvalue weighted by atomic mass is 10.4. The van der Waals surface area contributed by atoms with Crippen LogP contribution in [0.1, 0.15) is 55.4 Å². The Morgan fingerprint density at radius 3 is 1.03 bits per heavy atom. The van der Waals surface area contributed by atoms with Crippen LogP contribution < -0.4 is 9.80 Å². The first kappa shape index (κ1) is 27.2. The largest absolute Gasteiger partial charge is 0.346 e. The molecule has 0 bridgehead atoms. The quantitative estimate of drug-likeness (QED) is 0.521. The van der Waals surface area contributed by atoms with E-state index >= 15 is 0 Å². The van der Waals surface area contributed by atoms with Gasteiger partial charge in [-0.3, -0.25) is 9.80 Å². The third kappa shape index (κ3) is 5.94. The Morgan fingerprint density at radius 2 is 0.811 bits per heavy atom. The summed E-state index contributed by atoms with van der Waals surface area (Å²) < 4.78 is 48.0. The fourth-order valence-electron chi connectivity index (χ4n) is 4.67. The third-order valence-electron chi connectivity index (χ3n) is 6.26. The van der Waals surface area contributed by atoms with E-state index in [2.05, 4.69) is 9.97 Å². The van der Waals surface area contributed by atoms with Crippen LogP contribution in [0.2, 0.25) is 5.28 Å². The highest BCUT2D eigenvalue weighted by atomic mass is 35.5. The zero-order chi connectivity index (χ0) is 26.8. The zero-order valence-electron chi connectivity index (χ0n) is 22.5. The molecule has 14 heteroatoms. The Bertz CT molecular complexity index is 885. The Morgan fingerprint density at radius 1 is 0.541 bits per heavy atom. The van der Waals surface area contributed by atoms with Crippen LogP contribution in [0.25, 0.3) is 0 Å². The SMILES string of the molecule is CC1(C)OCC(N(c2nc(Cl)nc(N(C3COC(C)(C)O3)C3COC(C)(C)O3)n2)C2COC(C)(C)O2)O1. The van der Waals surface area contributed by atoms with Crippen LogP contribution in [0.4, 0.5) is 11.9 Å². The predicted molar refractivity (Wildman–Crippen MR) is 129 cm³/mol. The molecule has 4 fully saturated rings. The molecule has 0 amide bonds. The van der Waals surface area contributed by atoms with Gasteiger partial charge in [-0.1, -0.05) is 0 Å². The molecule has 0 aromatic carbocycles. The van der Waals surface area contributed by atoms with Gasteiger partial charge in [0.1, 0.15) is 0 Å². The Labute approximate surface area is 221 Å². The molecular formula is C23H36ClN5O8. The summed E-state index contributed by atoms with van der Waals surface area (Å²) in [6, 6.07) is 0. The zero-order valence-corrected chi connectivity index (χ0v) is 23.3. The normalized spacial score (nSPS) is 33.6. The molecule has 4 atom stereocenters. The monoisotopic (exact) mass is 545 g/mol. The third-order valence-corrected chi connectivity index (χ3v) is 6.43. The molecule has 208 valence electrons. The van der Waals surface area contributed by atoms with E-state index < -0.39 is 48.1 Å². The second kappa shape index (κ2) is 9.35. The summed E-state index contributed by atoms with van der Waals surface area (Å²) in [5.74, 6) is -2.74. The first-order chi connectivity index (χ1) is 17.1. The number of halogens is 1. The van der Waals surface area contributed by atoms with Crippen LogP contribution in [0.3, 0.4) is 0 Å². The van der Waals surface area contributed by atoms with E-state index in [1.165, 1.54) is 0 Å². The van der Waals surface area contributed by atoms with Gasteiger partial charge in [-0.25, -0.2) is 0 Å². The molecule has 5 heterocycles. The summed E-state index contributed by atoms with van der Waals surface area (Å²) in [6.45, 7) is 15.8. The molecule has 4 saturated heterocycles. The van der Waals surface area contributed by atoms with Crippen molar-refractivity contribution in [2.45, 2.75) is 103 Å². The number of anilines is 2. The molecule has 1 aromatic rings. The molecular weight excluding hydrogens is 510 g/mol. The molecule has 0 N–H and O–H groups in total. The van der Waals surface area contributed by atoms with Crippen LogP contribution in [-0.4, -0.2) is 89.4 Å². The average Bonchev–Trinajstić information content (AvgIpc) is 3.49. The molecule has 0 saturated carbocycles. The molecule has 13 nitrogen and oxygen atoms in total. The van der Waals surface area contributed by atoms with E-state index in [0.717, 1.165) is 0 Å². The fourth-order valence-corrected chi connectivity index (χ4v) is 4.82. The summed E-state index contributed by atoms with van der Waals surface area (Å²) in [5.41, 5.74) is 0. The Balaban J connectivity index is 1.53. The van der Waals surface area contributed by atoms with E-state index in [-0.39, 0.29) is 43.6 Å². The average molecular weight is 546 g/mol. The first-order valence-electron chi connectivity index (χ1n) is 12.4. The highest BCUT2D eigenvalue weighted by molar-refractivity contribution is 6.28. The number of hydrogen-bond donors (Lipinski definition) is 0. The predicted octanol–water partition coefficient (Wildman–Crippen LogP) is 2.57. The van der Waals surface area contributed by atoms with Crippen molar-refractivity contribution < 1.29 is 37.9 Å². The first-order valence-corrected chi connectivity index (χ1v) is 12.8. The van der Waals surface area contributed by atoms with Crippen molar-refractivity contribution in [3.63, 3.8) is 0 Å². The maximum atomic E-state index is 6.49. The number of aromatic nitrogens is 3. The molecule has 37 heavy (non-hydrogen) atoms. The van der Waals surface area contributed by atoms with E-state index in [4.69, 9.17) is 54.5 Å². The van der Waals surface area contributed by atoms with Crippen molar-refractivity contribution in [3.05, 3.63) is 5.28 Å². The van der Waals surface area contributed by atoms with Gasteiger partial charge < -0.3 is 37.9 Å². The lowest BCUT2D eigenvalue weighted by molar-refractivity contribution is -0.153. The molecule has 0 radical (unpaired) electrons. The molecule has 1 aromatic heterocycles. The topological polar surface area (TPSA) is 119 Å². The second-order valence-electron chi connectivity index (χ2n) is 11.2. The second-order valence-corrected chi connectivity index (χ2v) is 11.5. The van der Waals surface area contributed by atoms with Crippen LogP contribution in [0.5, 0.6) is 0 Å². The molecule has 4 aliphatic rings. The lowest BCUT2D eigenvalue weighted by Gasteiger charge is -2.35. The minimum absolute atomic E-state index is 0.0253. The van der Waals surface area contributed by atoms with E-state index in [0.29, 0.717) is 0 Å². The minimum atomic E-state index is -0.801. The summed E-state index contributed by atoms with van der Waals surface area (Å²) in [4.78, 5) is 17.2. The van der Waals surface area contributed by atoms with Gasteiger partial charge >= 0.3 is 0 Å². The van der Waals surface area contributed by atoms with Gasteiger partial charge in [0.2, 0.25) is 17.2 Å². The minimum Gasteiger partial charge on any atom is -0.346 e. The van der Waals surface area contributed by atoms with Crippen LogP contribution in [-0.2, 0) is 37.9 Å². The highest BCUT2D eigenvalue weighted by Gasteiger charge is 2.48. The summed E-state index contributed by atoms with van der Waals surface area (Å²) in [5, 5.41) is -0.0253. The molecule has 5 rings (SSSR count). The number of nitrogens with zero attached hydrogens (tertiary/aromatic N) is 5. The van der Waals surface area contributed by atoms with Gasteiger partial charge in [0, 0.05) is 0 Å². The number of ether oxygens (including phenoxy) is 8. The number of rotatable bonds is 6. The van der Waals surface area contributed by atoms with Crippen LogP contribution in [0.15, 0.2) is 0 Å². The Kier molecular flexibility index (Phi) is 6.86. The van der Waals surface area contributed by atoms with Crippen molar-refractivity contribution in [3.8, 4) is 0 Å². The molecule has 0 spiro atoms. The van der Waals surface area contributed by atoms with E-state index in [9.17, 15) is 0 Å².